The second-order valence-electron chi connectivity index (χ2n) is 3.59. The van der Waals surface area contributed by atoms with Crippen molar-refractivity contribution in [3.8, 4) is 0 Å². The number of aromatic nitrogens is 1. The molecule has 1 aromatic heterocycles. The summed E-state index contributed by atoms with van der Waals surface area (Å²) in [6, 6.07) is 3.94. The van der Waals surface area contributed by atoms with Crippen molar-refractivity contribution in [1.29, 1.82) is 0 Å². The SMILES string of the molecule is Cc1cc(N)nc(CCCCCO)c1. The first-order valence-electron chi connectivity index (χ1n) is 5.06. The van der Waals surface area contributed by atoms with Gasteiger partial charge in [-0.25, -0.2) is 4.98 Å². The van der Waals surface area contributed by atoms with Gasteiger partial charge in [-0.05, 0) is 43.9 Å². The number of anilines is 1. The minimum atomic E-state index is 0.281. The highest BCUT2D eigenvalue weighted by molar-refractivity contribution is 5.34. The summed E-state index contributed by atoms with van der Waals surface area (Å²) in [5.74, 6) is 0.599. The molecule has 1 rings (SSSR count). The first-order valence-corrected chi connectivity index (χ1v) is 5.06. The number of aryl methyl sites for hydroxylation is 2. The van der Waals surface area contributed by atoms with Crippen LogP contribution in [0.2, 0.25) is 0 Å². The lowest BCUT2D eigenvalue weighted by atomic mass is 10.1. The van der Waals surface area contributed by atoms with Crippen LogP contribution >= 0.6 is 0 Å². The van der Waals surface area contributed by atoms with E-state index in [9.17, 15) is 0 Å². The number of aliphatic hydroxyl groups excluding tert-OH is 1. The van der Waals surface area contributed by atoms with E-state index in [0.717, 1.165) is 36.9 Å². The zero-order valence-corrected chi connectivity index (χ0v) is 8.66. The van der Waals surface area contributed by atoms with Gasteiger partial charge in [-0.3, -0.25) is 0 Å². The molecule has 0 radical (unpaired) electrons. The molecular formula is C11H18N2O. The molecule has 1 heterocycles. The maximum absolute atomic E-state index is 8.62. The Morgan fingerprint density at radius 2 is 2.07 bits per heavy atom. The van der Waals surface area contributed by atoms with Crippen LogP contribution in [-0.4, -0.2) is 16.7 Å². The monoisotopic (exact) mass is 194 g/mol. The molecule has 0 amide bonds. The van der Waals surface area contributed by atoms with Gasteiger partial charge in [0.1, 0.15) is 5.82 Å². The summed E-state index contributed by atoms with van der Waals surface area (Å²) >= 11 is 0. The van der Waals surface area contributed by atoms with Crippen molar-refractivity contribution >= 4 is 5.82 Å². The van der Waals surface area contributed by atoms with Gasteiger partial charge in [0.2, 0.25) is 0 Å². The lowest BCUT2D eigenvalue weighted by Gasteiger charge is -2.03. The molecule has 0 spiro atoms. The van der Waals surface area contributed by atoms with Crippen LogP contribution in [0.3, 0.4) is 0 Å². The maximum atomic E-state index is 8.62. The third-order valence-corrected chi connectivity index (χ3v) is 2.13. The molecule has 0 aliphatic rings. The second-order valence-corrected chi connectivity index (χ2v) is 3.59. The number of pyridine rings is 1. The molecule has 0 aromatic carbocycles. The first kappa shape index (κ1) is 11.0. The molecule has 3 heteroatoms. The van der Waals surface area contributed by atoms with E-state index in [1.54, 1.807) is 0 Å². The number of rotatable bonds is 5. The molecule has 0 aliphatic carbocycles. The fourth-order valence-corrected chi connectivity index (χ4v) is 1.49. The molecule has 0 aliphatic heterocycles. The summed E-state index contributed by atoms with van der Waals surface area (Å²) in [4.78, 5) is 4.25. The van der Waals surface area contributed by atoms with E-state index in [1.807, 2.05) is 13.0 Å². The topological polar surface area (TPSA) is 59.1 Å². The van der Waals surface area contributed by atoms with Crippen molar-refractivity contribution < 1.29 is 5.11 Å². The Hall–Kier alpha value is -1.09. The molecule has 0 bridgehead atoms. The molecule has 0 fully saturated rings. The van der Waals surface area contributed by atoms with Crippen molar-refractivity contribution in [3.05, 3.63) is 23.4 Å². The predicted octanol–water partition coefficient (Wildman–Crippen LogP) is 1.68. The van der Waals surface area contributed by atoms with Crippen LogP contribution in [0, 0.1) is 6.92 Å². The Balaban J connectivity index is 2.42. The second kappa shape index (κ2) is 5.60. The molecule has 3 nitrogen and oxygen atoms in total. The highest BCUT2D eigenvalue weighted by Crippen LogP contribution is 2.09. The first-order chi connectivity index (χ1) is 6.72. The van der Waals surface area contributed by atoms with Gasteiger partial charge in [-0.15, -0.1) is 0 Å². The van der Waals surface area contributed by atoms with Crippen LogP contribution in [0.25, 0.3) is 0 Å². The maximum Gasteiger partial charge on any atom is 0.123 e. The number of nitrogens with two attached hydrogens (primary N) is 1. The minimum absolute atomic E-state index is 0.281. The number of unbranched alkanes of at least 4 members (excludes halogenated alkanes) is 2. The third-order valence-electron chi connectivity index (χ3n) is 2.13. The van der Waals surface area contributed by atoms with Crippen LogP contribution in [0.15, 0.2) is 12.1 Å². The Bertz CT molecular complexity index is 266. The van der Waals surface area contributed by atoms with Gasteiger partial charge in [-0.2, -0.15) is 0 Å². The van der Waals surface area contributed by atoms with E-state index < -0.39 is 0 Å². The van der Waals surface area contributed by atoms with Crippen LogP contribution in [0.4, 0.5) is 5.82 Å². The molecule has 0 atom stereocenters. The molecule has 0 saturated carbocycles. The van der Waals surface area contributed by atoms with Crippen LogP contribution in [0.1, 0.15) is 30.5 Å². The molecule has 14 heavy (non-hydrogen) atoms. The molecule has 3 N–H and O–H groups in total. The van der Waals surface area contributed by atoms with Crippen molar-refractivity contribution in [1.82, 2.24) is 4.98 Å². The van der Waals surface area contributed by atoms with Crippen molar-refractivity contribution in [2.24, 2.45) is 0 Å². The lowest BCUT2D eigenvalue weighted by Crippen LogP contribution is -1.97. The van der Waals surface area contributed by atoms with E-state index in [1.165, 1.54) is 0 Å². The summed E-state index contributed by atoms with van der Waals surface area (Å²) in [6.07, 6.45) is 3.94. The zero-order valence-electron chi connectivity index (χ0n) is 8.66. The lowest BCUT2D eigenvalue weighted by molar-refractivity contribution is 0.283. The van der Waals surface area contributed by atoms with Gasteiger partial charge in [0.15, 0.2) is 0 Å². The average molecular weight is 194 g/mol. The molecule has 1 aromatic rings. The smallest absolute Gasteiger partial charge is 0.123 e. The standard InChI is InChI=1S/C11H18N2O/c1-9-7-10(13-11(12)8-9)5-3-2-4-6-14/h7-8,14H,2-6H2,1H3,(H2,12,13). The van der Waals surface area contributed by atoms with E-state index in [2.05, 4.69) is 11.1 Å². The van der Waals surface area contributed by atoms with Gasteiger partial charge in [0.05, 0.1) is 0 Å². The van der Waals surface area contributed by atoms with Gasteiger partial charge in [-0.1, -0.05) is 6.42 Å². The highest BCUT2D eigenvalue weighted by Gasteiger charge is 1.97. The Morgan fingerprint density at radius 3 is 2.71 bits per heavy atom. The predicted molar refractivity (Wildman–Crippen MR) is 58.0 cm³/mol. The molecule has 78 valence electrons. The van der Waals surface area contributed by atoms with Crippen molar-refractivity contribution in [3.63, 3.8) is 0 Å². The van der Waals surface area contributed by atoms with E-state index in [4.69, 9.17) is 10.8 Å². The fourth-order valence-electron chi connectivity index (χ4n) is 1.49. The summed E-state index contributed by atoms with van der Waals surface area (Å²) in [7, 11) is 0. The Labute approximate surface area is 85.0 Å². The van der Waals surface area contributed by atoms with Crippen LogP contribution in [0.5, 0.6) is 0 Å². The zero-order chi connectivity index (χ0) is 10.4. The van der Waals surface area contributed by atoms with E-state index in [-0.39, 0.29) is 6.61 Å². The quantitative estimate of drug-likeness (QED) is 0.701. The minimum Gasteiger partial charge on any atom is -0.396 e. The number of aliphatic hydroxyl groups is 1. The van der Waals surface area contributed by atoms with Gasteiger partial charge < -0.3 is 10.8 Å². The van der Waals surface area contributed by atoms with Crippen molar-refractivity contribution in [2.45, 2.75) is 32.6 Å². The summed E-state index contributed by atoms with van der Waals surface area (Å²) < 4.78 is 0. The van der Waals surface area contributed by atoms with Gasteiger partial charge >= 0.3 is 0 Å². The molecule has 0 unspecified atom stereocenters. The molecular weight excluding hydrogens is 176 g/mol. The van der Waals surface area contributed by atoms with E-state index in [0.29, 0.717) is 5.82 Å². The van der Waals surface area contributed by atoms with Crippen LogP contribution < -0.4 is 5.73 Å². The average Bonchev–Trinajstić information content (AvgIpc) is 2.11. The summed E-state index contributed by atoms with van der Waals surface area (Å²) in [5, 5.41) is 8.62. The van der Waals surface area contributed by atoms with E-state index >= 15 is 0 Å². The van der Waals surface area contributed by atoms with Gasteiger partial charge in [0, 0.05) is 12.3 Å². The number of nitrogen functional groups attached to an aromatic ring is 1. The summed E-state index contributed by atoms with van der Waals surface area (Å²) in [5.41, 5.74) is 7.86. The number of hydrogen-bond acceptors (Lipinski definition) is 3. The third kappa shape index (κ3) is 3.75. The summed E-state index contributed by atoms with van der Waals surface area (Å²) in [6.45, 7) is 2.30. The highest BCUT2D eigenvalue weighted by atomic mass is 16.2. The Kier molecular flexibility index (Phi) is 4.40. The Morgan fingerprint density at radius 1 is 1.29 bits per heavy atom. The number of hydrogen-bond donors (Lipinski definition) is 2. The normalized spacial score (nSPS) is 10.4. The van der Waals surface area contributed by atoms with Crippen LogP contribution in [-0.2, 0) is 6.42 Å². The molecule has 0 saturated heterocycles. The van der Waals surface area contributed by atoms with Crippen molar-refractivity contribution in [2.75, 3.05) is 12.3 Å². The fraction of sp³-hybridized carbons (Fsp3) is 0.545. The largest absolute Gasteiger partial charge is 0.396 e. The van der Waals surface area contributed by atoms with Gasteiger partial charge in [0.25, 0.3) is 0 Å². The number of nitrogens with zero attached hydrogens (tertiary/aromatic N) is 1.